The van der Waals surface area contributed by atoms with E-state index in [0.717, 1.165) is 11.3 Å². The molecule has 0 radical (unpaired) electrons. The van der Waals surface area contributed by atoms with Crippen LogP contribution in [-0.4, -0.2) is 5.90 Å². The second-order valence-corrected chi connectivity index (χ2v) is 5.43. The molecule has 2 aromatic carbocycles. The first-order valence-electron chi connectivity index (χ1n) is 7.80. The van der Waals surface area contributed by atoms with E-state index in [1.54, 1.807) is 23.0 Å². The maximum Gasteiger partial charge on any atom is 0.238 e. The van der Waals surface area contributed by atoms with Crippen molar-refractivity contribution >= 4 is 18.0 Å². The summed E-state index contributed by atoms with van der Waals surface area (Å²) in [5, 5.41) is 16.5. The Labute approximate surface area is 141 Å². The van der Waals surface area contributed by atoms with E-state index in [0.29, 0.717) is 5.56 Å². The molecule has 0 bridgehead atoms. The number of hydrogen-bond donors (Lipinski definition) is 0. The first-order chi connectivity index (χ1) is 11.7. The Kier molecular flexibility index (Phi) is 4.82. The number of hydrogen-bond acceptors (Lipinski definition) is 2. The second kappa shape index (κ2) is 7.38. The second-order valence-electron chi connectivity index (χ2n) is 5.43. The van der Waals surface area contributed by atoms with Gasteiger partial charge in [-0.2, -0.15) is 0 Å². The Bertz CT molecular complexity index is 883. The van der Waals surface area contributed by atoms with E-state index in [-0.39, 0.29) is 5.90 Å². The Morgan fingerprint density at radius 2 is 1.58 bits per heavy atom. The molecule has 1 heterocycles. The summed E-state index contributed by atoms with van der Waals surface area (Å²) in [5.41, 5.74) is 3.75. The zero-order valence-corrected chi connectivity index (χ0v) is 13.5. The van der Waals surface area contributed by atoms with E-state index < -0.39 is 0 Å². The van der Waals surface area contributed by atoms with Crippen molar-refractivity contribution in [2.45, 2.75) is 6.92 Å². The highest BCUT2D eigenvalue weighted by atomic mass is 16.3. The Morgan fingerprint density at radius 1 is 0.875 bits per heavy atom. The van der Waals surface area contributed by atoms with Gasteiger partial charge in [-0.15, -0.1) is 0 Å². The van der Waals surface area contributed by atoms with Crippen LogP contribution in [0.15, 0.2) is 84.1 Å². The summed E-state index contributed by atoms with van der Waals surface area (Å²) in [6.07, 6.45) is 5.77. The van der Waals surface area contributed by atoms with Gasteiger partial charge in [0.05, 0.1) is 5.90 Å². The SMILES string of the molecule is Cc1ccccc1/C=C/c1cccc[n+]1/N=C(\[O-])c1ccccc1. The quantitative estimate of drug-likeness (QED) is 0.414. The van der Waals surface area contributed by atoms with Gasteiger partial charge < -0.3 is 5.11 Å². The Morgan fingerprint density at radius 3 is 2.38 bits per heavy atom. The maximum atomic E-state index is 12.3. The largest absolute Gasteiger partial charge is 0.854 e. The lowest BCUT2D eigenvalue weighted by atomic mass is 10.1. The molecule has 118 valence electrons. The lowest BCUT2D eigenvalue weighted by Gasteiger charge is -2.06. The zero-order valence-electron chi connectivity index (χ0n) is 13.5. The van der Waals surface area contributed by atoms with Crippen molar-refractivity contribution in [2.24, 2.45) is 5.10 Å². The summed E-state index contributed by atoms with van der Waals surface area (Å²) in [5.74, 6) is -0.266. The summed E-state index contributed by atoms with van der Waals surface area (Å²) >= 11 is 0. The molecule has 0 saturated heterocycles. The number of aromatic nitrogens is 1. The fourth-order valence-corrected chi connectivity index (χ4v) is 2.36. The maximum absolute atomic E-state index is 12.3. The van der Waals surface area contributed by atoms with Crippen LogP contribution in [0, 0.1) is 6.92 Å². The molecule has 0 aliphatic rings. The van der Waals surface area contributed by atoms with E-state index in [4.69, 9.17) is 0 Å². The van der Waals surface area contributed by atoms with Gasteiger partial charge in [-0.05, 0) is 40.9 Å². The van der Waals surface area contributed by atoms with Crippen LogP contribution < -0.4 is 9.78 Å². The minimum Gasteiger partial charge on any atom is -0.854 e. The number of rotatable bonds is 4. The van der Waals surface area contributed by atoms with Gasteiger partial charge >= 0.3 is 0 Å². The van der Waals surface area contributed by atoms with Crippen LogP contribution in [0.1, 0.15) is 22.4 Å². The predicted octanol–water partition coefficient (Wildman–Crippen LogP) is 3.02. The Hall–Kier alpha value is -3.20. The third kappa shape index (κ3) is 3.76. The van der Waals surface area contributed by atoms with E-state index in [2.05, 4.69) is 24.2 Å². The van der Waals surface area contributed by atoms with Gasteiger partial charge in [0.1, 0.15) is 0 Å². The lowest BCUT2D eigenvalue weighted by molar-refractivity contribution is -0.683. The molecule has 3 rings (SSSR count). The highest BCUT2D eigenvalue weighted by molar-refractivity contribution is 5.89. The molecule has 0 spiro atoms. The summed E-state index contributed by atoms with van der Waals surface area (Å²) in [7, 11) is 0. The number of aryl methyl sites for hydroxylation is 1. The lowest BCUT2D eigenvalue weighted by Crippen LogP contribution is -2.36. The minimum absolute atomic E-state index is 0.266. The molecular formula is C21H18N2O. The number of pyridine rings is 1. The topological polar surface area (TPSA) is 39.3 Å². The summed E-state index contributed by atoms with van der Waals surface area (Å²) in [6, 6.07) is 22.9. The molecule has 0 amide bonds. The van der Waals surface area contributed by atoms with Crippen LogP contribution in [0.2, 0.25) is 0 Å². The van der Waals surface area contributed by atoms with Gasteiger partial charge in [0.2, 0.25) is 11.9 Å². The van der Waals surface area contributed by atoms with Crippen LogP contribution in [0.4, 0.5) is 0 Å². The molecule has 0 fully saturated rings. The van der Waals surface area contributed by atoms with Gasteiger partial charge in [-0.25, -0.2) is 0 Å². The third-order valence-electron chi connectivity index (χ3n) is 3.71. The molecule has 3 nitrogen and oxygen atoms in total. The van der Waals surface area contributed by atoms with Crippen LogP contribution in [-0.2, 0) is 0 Å². The first kappa shape index (κ1) is 15.7. The van der Waals surface area contributed by atoms with Crippen LogP contribution >= 0.6 is 0 Å². The number of benzene rings is 2. The zero-order chi connectivity index (χ0) is 16.8. The van der Waals surface area contributed by atoms with Crippen molar-refractivity contribution in [3.8, 4) is 0 Å². The summed E-state index contributed by atoms with van der Waals surface area (Å²) < 4.78 is 1.60. The molecule has 0 aliphatic heterocycles. The molecular weight excluding hydrogens is 296 g/mol. The molecule has 0 N–H and O–H groups in total. The van der Waals surface area contributed by atoms with Gasteiger partial charge in [-0.1, -0.05) is 59.3 Å². The normalized spacial score (nSPS) is 11.8. The monoisotopic (exact) mass is 314 g/mol. The van der Waals surface area contributed by atoms with Gasteiger partial charge in [0.25, 0.3) is 0 Å². The van der Waals surface area contributed by atoms with E-state index in [9.17, 15) is 5.11 Å². The average Bonchev–Trinajstić information content (AvgIpc) is 2.63. The molecule has 0 unspecified atom stereocenters. The smallest absolute Gasteiger partial charge is 0.238 e. The molecule has 0 atom stereocenters. The van der Waals surface area contributed by atoms with Crippen molar-refractivity contribution in [3.63, 3.8) is 0 Å². The van der Waals surface area contributed by atoms with Crippen molar-refractivity contribution < 1.29 is 9.78 Å². The standard InChI is InChI=1S/C21H18N2O/c1-17-9-5-6-10-18(17)14-15-20-13-7-8-16-23(20)22-21(24)19-11-3-2-4-12-19/h2-16H,1H3/b15-14+. The van der Waals surface area contributed by atoms with E-state index >= 15 is 0 Å². The van der Waals surface area contributed by atoms with Crippen molar-refractivity contribution in [3.05, 3.63) is 101 Å². The molecule has 0 aliphatic carbocycles. The van der Waals surface area contributed by atoms with Crippen molar-refractivity contribution in [1.82, 2.24) is 0 Å². The molecule has 24 heavy (non-hydrogen) atoms. The molecule has 3 aromatic rings. The van der Waals surface area contributed by atoms with Crippen molar-refractivity contribution in [2.75, 3.05) is 0 Å². The average molecular weight is 314 g/mol. The van der Waals surface area contributed by atoms with E-state index in [1.807, 2.05) is 60.7 Å². The highest BCUT2D eigenvalue weighted by Gasteiger charge is 2.06. The van der Waals surface area contributed by atoms with Crippen LogP contribution in [0.5, 0.6) is 0 Å². The molecule has 1 aromatic heterocycles. The fourth-order valence-electron chi connectivity index (χ4n) is 2.36. The fraction of sp³-hybridized carbons (Fsp3) is 0.0476. The van der Waals surface area contributed by atoms with Crippen LogP contribution in [0.3, 0.4) is 0 Å². The third-order valence-corrected chi connectivity index (χ3v) is 3.71. The molecule has 3 heteroatoms. The highest BCUT2D eigenvalue weighted by Crippen LogP contribution is 2.10. The number of nitrogens with zero attached hydrogens (tertiary/aromatic N) is 2. The first-order valence-corrected chi connectivity index (χ1v) is 7.80. The summed E-state index contributed by atoms with van der Waals surface area (Å²) in [6.45, 7) is 2.07. The molecule has 0 saturated carbocycles. The predicted molar refractivity (Wildman–Crippen MR) is 95.1 cm³/mol. The van der Waals surface area contributed by atoms with Gasteiger partial charge in [-0.3, -0.25) is 0 Å². The summed E-state index contributed by atoms with van der Waals surface area (Å²) in [4.78, 5) is 0. The minimum atomic E-state index is -0.266. The van der Waals surface area contributed by atoms with Crippen molar-refractivity contribution in [1.29, 1.82) is 0 Å². The van der Waals surface area contributed by atoms with Crippen LogP contribution in [0.25, 0.3) is 12.2 Å². The Balaban J connectivity index is 1.93. The van der Waals surface area contributed by atoms with Gasteiger partial charge in [0.15, 0.2) is 0 Å². The van der Waals surface area contributed by atoms with Gasteiger partial charge in [0, 0.05) is 18.2 Å². The van der Waals surface area contributed by atoms with E-state index in [1.165, 1.54) is 5.56 Å².